The lowest BCUT2D eigenvalue weighted by atomic mass is 9.76. The highest BCUT2D eigenvalue weighted by Gasteiger charge is 2.36. The lowest BCUT2D eigenvalue weighted by Gasteiger charge is -2.37. The van der Waals surface area contributed by atoms with E-state index >= 15 is 0 Å². The number of aliphatic hydroxyl groups is 1. The van der Waals surface area contributed by atoms with Crippen molar-refractivity contribution in [2.75, 3.05) is 137 Å². The number of aliphatic hydroxyl groups excluding tert-OH is 1. The molecule has 0 unspecified atom stereocenters. The van der Waals surface area contributed by atoms with Crippen LogP contribution in [0.1, 0.15) is 64.6 Å². The SMILES string of the molecule is Cc1ccc(C(NCCCC[C@H](NC(=O)[C@H](Cc2ccccc2)NC(=O)CCOCCOCCOCCOCCOCCOCCOCCOCCOCCN=[N+]=[N-])C(=O)Nc2ccc(CO)cc2C)(c2ccccc2)c2ccccc2)cc1. The number of azide groups is 1. The van der Waals surface area contributed by atoms with Crippen LogP contribution in [0.25, 0.3) is 10.4 Å². The van der Waals surface area contributed by atoms with E-state index in [0.717, 1.165) is 33.4 Å². The summed E-state index contributed by atoms with van der Waals surface area (Å²) in [7, 11) is 0. The number of carbonyl (C=O) groups is 3. The summed E-state index contributed by atoms with van der Waals surface area (Å²) in [5.74, 6) is -1.25. The maximum atomic E-state index is 14.4. The molecule has 84 heavy (non-hydrogen) atoms. The van der Waals surface area contributed by atoms with Crippen LogP contribution >= 0.6 is 0 Å². The highest BCUT2D eigenvalue weighted by Crippen LogP contribution is 2.37. The molecule has 0 aromatic heterocycles. The molecular formula is C64H87N7O13. The predicted molar refractivity (Wildman–Crippen MR) is 322 cm³/mol. The maximum Gasteiger partial charge on any atom is 0.246 e. The fourth-order valence-corrected chi connectivity index (χ4v) is 8.96. The third-order valence-electron chi connectivity index (χ3n) is 13.4. The summed E-state index contributed by atoms with van der Waals surface area (Å²) in [5.41, 5.74) is 14.9. The molecule has 0 saturated carbocycles. The van der Waals surface area contributed by atoms with Crippen molar-refractivity contribution in [2.45, 2.75) is 70.2 Å². The zero-order valence-corrected chi connectivity index (χ0v) is 48.9. The van der Waals surface area contributed by atoms with E-state index in [9.17, 15) is 19.5 Å². The second-order valence-electron chi connectivity index (χ2n) is 19.7. The van der Waals surface area contributed by atoms with Gasteiger partial charge >= 0.3 is 0 Å². The molecule has 20 heteroatoms. The molecule has 0 aliphatic carbocycles. The maximum absolute atomic E-state index is 14.4. The van der Waals surface area contributed by atoms with E-state index in [2.05, 4.69) is 86.7 Å². The first-order chi connectivity index (χ1) is 41.2. The van der Waals surface area contributed by atoms with Crippen molar-refractivity contribution in [1.29, 1.82) is 0 Å². The van der Waals surface area contributed by atoms with Gasteiger partial charge in [0.1, 0.15) is 12.1 Å². The van der Waals surface area contributed by atoms with E-state index in [1.54, 1.807) is 12.1 Å². The molecule has 0 saturated heterocycles. The van der Waals surface area contributed by atoms with Crippen LogP contribution < -0.4 is 21.3 Å². The van der Waals surface area contributed by atoms with Crippen LogP contribution in [0.2, 0.25) is 0 Å². The van der Waals surface area contributed by atoms with Crippen molar-refractivity contribution in [1.82, 2.24) is 16.0 Å². The number of hydrogen-bond donors (Lipinski definition) is 5. The van der Waals surface area contributed by atoms with Crippen LogP contribution in [0.4, 0.5) is 5.69 Å². The normalized spacial score (nSPS) is 12.1. The van der Waals surface area contributed by atoms with Crippen molar-refractivity contribution in [2.24, 2.45) is 5.11 Å². The van der Waals surface area contributed by atoms with Crippen LogP contribution in [0.5, 0.6) is 0 Å². The number of aryl methyl sites for hydroxylation is 2. The molecular weight excluding hydrogens is 1070 g/mol. The summed E-state index contributed by atoms with van der Waals surface area (Å²) in [6.07, 6.45) is 1.78. The van der Waals surface area contributed by atoms with Crippen LogP contribution in [0.3, 0.4) is 0 Å². The topological polar surface area (TPSA) is 251 Å². The third-order valence-corrected chi connectivity index (χ3v) is 13.4. The Kier molecular flexibility index (Phi) is 34.3. The van der Waals surface area contributed by atoms with E-state index in [1.807, 2.05) is 79.7 Å². The summed E-state index contributed by atoms with van der Waals surface area (Å²) in [6, 6.07) is 42.2. The fourth-order valence-electron chi connectivity index (χ4n) is 8.96. The minimum absolute atomic E-state index is 0.00600. The molecule has 5 N–H and O–H groups in total. The van der Waals surface area contributed by atoms with E-state index in [-0.39, 0.29) is 38.6 Å². The van der Waals surface area contributed by atoms with E-state index < -0.39 is 29.4 Å². The quantitative estimate of drug-likeness (QED) is 0.00830. The van der Waals surface area contributed by atoms with Gasteiger partial charge in [-0.3, -0.25) is 19.7 Å². The molecule has 0 bridgehead atoms. The fraction of sp³-hybridized carbons (Fsp3) is 0.484. The zero-order valence-electron chi connectivity index (χ0n) is 48.9. The number of benzene rings is 5. The number of carbonyl (C=O) groups excluding carboxylic acids is 3. The van der Waals surface area contributed by atoms with Crippen LogP contribution in [-0.4, -0.2) is 167 Å². The summed E-state index contributed by atoms with van der Waals surface area (Å²) in [6.45, 7) is 11.8. The second-order valence-corrected chi connectivity index (χ2v) is 19.7. The number of nitrogens with one attached hydrogen (secondary N) is 4. The predicted octanol–water partition coefficient (Wildman–Crippen LogP) is 7.55. The van der Waals surface area contributed by atoms with Crippen molar-refractivity contribution in [3.05, 3.63) is 183 Å². The molecule has 20 nitrogen and oxygen atoms in total. The van der Waals surface area contributed by atoms with E-state index in [0.29, 0.717) is 149 Å². The molecule has 5 aromatic carbocycles. The molecule has 456 valence electrons. The van der Waals surface area contributed by atoms with Crippen molar-refractivity contribution in [3.8, 4) is 0 Å². The molecule has 0 heterocycles. The first-order valence-corrected chi connectivity index (χ1v) is 29.0. The number of unbranched alkanes of at least 4 members (excludes halogenated alkanes) is 1. The largest absolute Gasteiger partial charge is 0.392 e. The van der Waals surface area contributed by atoms with Gasteiger partial charge in [-0.15, -0.1) is 0 Å². The van der Waals surface area contributed by atoms with Gasteiger partial charge in [0.05, 0.1) is 131 Å². The molecule has 0 spiro atoms. The first-order valence-electron chi connectivity index (χ1n) is 29.0. The molecule has 3 amide bonds. The minimum Gasteiger partial charge on any atom is -0.392 e. The van der Waals surface area contributed by atoms with Gasteiger partial charge in [0.15, 0.2) is 0 Å². The highest BCUT2D eigenvalue weighted by molar-refractivity contribution is 5.99. The lowest BCUT2D eigenvalue weighted by molar-refractivity contribution is -0.131. The molecule has 2 atom stereocenters. The molecule has 5 rings (SSSR count). The Morgan fingerprint density at radius 3 is 1.46 bits per heavy atom. The van der Waals surface area contributed by atoms with Crippen molar-refractivity contribution >= 4 is 23.4 Å². The van der Waals surface area contributed by atoms with Crippen molar-refractivity contribution < 1.29 is 62.1 Å². The van der Waals surface area contributed by atoms with Gasteiger partial charge < -0.3 is 63.7 Å². The number of anilines is 1. The van der Waals surface area contributed by atoms with Crippen LogP contribution in [0.15, 0.2) is 139 Å². The van der Waals surface area contributed by atoms with Gasteiger partial charge in [-0.2, -0.15) is 0 Å². The van der Waals surface area contributed by atoms with Gasteiger partial charge in [-0.1, -0.05) is 138 Å². The lowest BCUT2D eigenvalue weighted by Crippen LogP contribution is -2.53. The highest BCUT2D eigenvalue weighted by atomic mass is 16.6. The van der Waals surface area contributed by atoms with Gasteiger partial charge in [-0.25, -0.2) is 0 Å². The van der Waals surface area contributed by atoms with Gasteiger partial charge in [0.25, 0.3) is 0 Å². The summed E-state index contributed by atoms with van der Waals surface area (Å²) in [4.78, 5) is 44.8. The smallest absolute Gasteiger partial charge is 0.246 e. The monoisotopic (exact) mass is 1160 g/mol. The van der Waals surface area contributed by atoms with Crippen molar-refractivity contribution in [3.63, 3.8) is 0 Å². The molecule has 0 aliphatic rings. The summed E-state index contributed by atoms with van der Waals surface area (Å²) < 4.78 is 49.6. The summed E-state index contributed by atoms with van der Waals surface area (Å²) >= 11 is 0. The zero-order chi connectivity index (χ0) is 59.6. The Morgan fingerprint density at radius 2 is 0.988 bits per heavy atom. The second kappa shape index (κ2) is 42.2. The third kappa shape index (κ3) is 26.5. The number of rotatable bonds is 47. The standard InChI is InChI=1S/C64H87N7O13/c1-51-21-24-57(25-22-51)64(55-16-8-4-9-17-55,56-18-10-5-11-19-56)66-28-13-12-20-59(62(74)69-58-26-23-54(50-72)48-52(58)2)70-63(75)60(49-53-14-6-3-7-15-53)68-61(73)27-30-76-32-34-78-36-38-80-40-42-82-44-46-84-47-45-83-43-41-81-39-37-79-35-33-77-31-29-67-71-65/h3-11,14-19,21-26,48,59-60,66,72H,12-13,20,27-47,49-50H2,1-2H3,(H,68,73)(H,69,74)(H,70,75)/t59-,60-/m0/s1. The Hall–Kier alpha value is -6.62. The first kappa shape index (κ1) is 68.2. The van der Waals surface area contributed by atoms with E-state index in [1.165, 1.54) is 0 Å². The van der Waals surface area contributed by atoms with Gasteiger partial charge in [0.2, 0.25) is 17.7 Å². The average Bonchev–Trinajstić information content (AvgIpc) is 1.72. The average molecular weight is 1160 g/mol. The van der Waals surface area contributed by atoms with Gasteiger partial charge in [0, 0.05) is 30.0 Å². The molecule has 0 radical (unpaired) electrons. The number of nitrogens with zero attached hydrogens (tertiary/aromatic N) is 3. The number of amides is 3. The van der Waals surface area contributed by atoms with Crippen LogP contribution in [0, 0.1) is 13.8 Å². The Bertz CT molecular complexity index is 2580. The Labute approximate surface area is 495 Å². The molecule has 0 aliphatic heterocycles. The number of hydrogen-bond acceptors (Lipinski definition) is 15. The molecule has 0 fully saturated rings. The Balaban J connectivity index is 1.00. The number of ether oxygens (including phenoxy) is 9. The van der Waals surface area contributed by atoms with Gasteiger partial charge in [-0.05, 0) is 84.6 Å². The minimum atomic E-state index is -0.987. The summed E-state index contributed by atoms with van der Waals surface area (Å²) in [5, 5.41) is 26.0. The van der Waals surface area contributed by atoms with E-state index in [4.69, 9.17) is 48.2 Å². The molecule has 5 aromatic rings. The van der Waals surface area contributed by atoms with Crippen LogP contribution in [-0.2, 0) is 75.6 Å². The Morgan fingerprint density at radius 1 is 0.524 bits per heavy atom.